The third-order valence-corrected chi connectivity index (χ3v) is 4.95. The van der Waals surface area contributed by atoms with Crippen molar-refractivity contribution in [3.63, 3.8) is 0 Å². The Labute approximate surface area is 166 Å². The maximum atomic E-state index is 11.6. The highest BCUT2D eigenvalue weighted by Gasteiger charge is 2.51. The molecule has 3 heterocycles. The molecule has 8 nitrogen and oxygen atoms in total. The zero-order valence-corrected chi connectivity index (χ0v) is 17.3. The molecule has 28 heavy (non-hydrogen) atoms. The predicted octanol–water partition coefficient (Wildman–Crippen LogP) is 2.30. The summed E-state index contributed by atoms with van der Waals surface area (Å²) in [4.78, 5) is 11.6. The number of rotatable bonds is 6. The highest BCUT2D eigenvalue weighted by atomic mass is 16.8. The van der Waals surface area contributed by atoms with Gasteiger partial charge in [0.25, 0.3) is 0 Å². The summed E-state index contributed by atoms with van der Waals surface area (Å²) in [6, 6.07) is 0. The number of hydrogen-bond acceptors (Lipinski definition) is 8. The van der Waals surface area contributed by atoms with Crippen LogP contribution >= 0.6 is 0 Å². The van der Waals surface area contributed by atoms with E-state index in [1.807, 2.05) is 27.7 Å². The summed E-state index contributed by atoms with van der Waals surface area (Å²) in [5.41, 5.74) is 0. The van der Waals surface area contributed by atoms with Crippen LogP contribution in [-0.4, -0.2) is 68.6 Å². The van der Waals surface area contributed by atoms with E-state index in [-0.39, 0.29) is 12.4 Å². The van der Waals surface area contributed by atoms with Crippen LogP contribution in [0.3, 0.4) is 0 Å². The number of ether oxygens (including phenoxy) is 7. The van der Waals surface area contributed by atoms with Crippen LogP contribution in [0.5, 0.6) is 0 Å². The standard InChI is InChI=1S/C20H32O8/c1-19(2)24-12-14(27-19)17(25-16-8-6-7-11-23-16)18-13(9-10-15(21)22-5)26-20(3,4)28-18/h9-10,13-14,16-18H,6-8,11-12H2,1-5H3/b10-9+/t13-,14-,16?,17-,18-/m1/s1. The first-order chi connectivity index (χ1) is 13.2. The van der Waals surface area contributed by atoms with Crippen molar-refractivity contribution in [1.82, 2.24) is 0 Å². The lowest BCUT2D eigenvalue weighted by Crippen LogP contribution is -2.48. The number of hydrogen-bond donors (Lipinski definition) is 0. The Balaban J connectivity index is 1.81. The van der Waals surface area contributed by atoms with Gasteiger partial charge in [0.05, 0.1) is 13.7 Å². The first-order valence-electron chi connectivity index (χ1n) is 9.90. The summed E-state index contributed by atoms with van der Waals surface area (Å²) in [6.07, 6.45) is 3.70. The highest BCUT2D eigenvalue weighted by Crippen LogP contribution is 2.37. The van der Waals surface area contributed by atoms with Crippen molar-refractivity contribution in [2.45, 2.75) is 89.2 Å². The lowest BCUT2D eigenvalue weighted by atomic mass is 10.0. The Morgan fingerprint density at radius 1 is 1.11 bits per heavy atom. The van der Waals surface area contributed by atoms with Crippen LogP contribution < -0.4 is 0 Å². The quantitative estimate of drug-likeness (QED) is 0.496. The van der Waals surface area contributed by atoms with Crippen LogP contribution in [0, 0.1) is 0 Å². The average molecular weight is 400 g/mol. The van der Waals surface area contributed by atoms with E-state index >= 15 is 0 Å². The van der Waals surface area contributed by atoms with Crippen molar-refractivity contribution < 1.29 is 38.0 Å². The molecule has 8 heteroatoms. The normalized spacial score (nSPS) is 35.9. The lowest BCUT2D eigenvalue weighted by Gasteiger charge is -2.34. The Kier molecular flexibility index (Phi) is 6.79. The van der Waals surface area contributed by atoms with Gasteiger partial charge in [-0.3, -0.25) is 0 Å². The molecule has 3 rings (SSSR count). The molecule has 1 unspecified atom stereocenters. The van der Waals surface area contributed by atoms with Gasteiger partial charge in [-0.05, 0) is 53.0 Å². The Hall–Kier alpha value is -1.03. The van der Waals surface area contributed by atoms with E-state index in [9.17, 15) is 4.79 Å². The third kappa shape index (κ3) is 5.52. The summed E-state index contributed by atoms with van der Waals surface area (Å²) in [5, 5.41) is 0. The smallest absolute Gasteiger partial charge is 0.330 e. The van der Waals surface area contributed by atoms with Crippen molar-refractivity contribution in [3.05, 3.63) is 12.2 Å². The zero-order valence-electron chi connectivity index (χ0n) is 17.3. The summed E-state index contributed by atoms with van der Waals surface area (Å²) < 4.78 is 40.8. The molecule has 0 aromatic heterocycles. The number of carbonyl (C=O) groups is 1. The maximum Gasteiger partial charge on any atom is 0.330 e. The fourth-order valence-corrected chi connectivity index (χ4v) is 3.71. The van der Waals surface area contributed by atoms with E-state index in [1.54, 1.807) is 6.08 Å². The van der Waals surface area contributed by atoms with Gasteiger partial charge in [0.2, 0.25) is 0 Å². The van der Waals surface area contributed by atoms with Gasteiger partial charge in [0.1, 0.15) is 24.4 Å². The number of esters is 1. The zero-order chi connectivity index (χ0) is 20.4. The van der Waals surface area contributed by atoms with E-state index in [2.05, 4.69) is 4.74 Å². The second-order valence-corrected chi connectivity index (χ2v) is 8.21. The highest BCUT2D eigenvalue weighted by molar-refractivity contribution is 5.81. The minimum atomic E-state index is -0.834. The monoisotopic (exact) mass is 400 g/mol. The molecule has 3 aliphatic rings. The predicted molar refractivity (Wildman–Crippen MR) is 98.3 cm³/mol. The van der Waals surface area contributed by atoms with E-state index in [0.29, 0.717) is 13.2 Å². The maximum absolute atomic E-state index is 11.6. The molecular weight excluding hydrogens is 368 g/mol. The molecular formula is C20H32O8. The van der Waals surface area contributed by atoms with Crippen LogP contribution in [0.25, 0.3) is 0 Å². The fourth-order valence-electron chi connectivity index (χ4n) is 3.71. The largest absolute Gasteiger partial charge is 0.466 e. The molecule has 0 aromatic rings. The van der Waals surface area contributed by atoms with E-state index < -0.39 is 35.9 Å². The second-order valence-electron chi connectivity index (χ2n) is 8.21. The molecule has 0 bridgehead atoms. The van der Waals surface area contributed by atoms with Crippen LogP contribution in [0.4, 0.5) is 0 Å². The summed E-state index contributed by atoms with van der Waals surface area (Å²) in [7, 11) is 1.33. The van der Waals surface area contributed by atoms with E-state index in [4.69, 9.17) is 28.4 Å². The molecule has 0 N–H and O–H groups in total. The van der Waals surface area contributed by atoms with Gasteiger partial charge in [0, 0.05) is 12.7 Å². The Morgan fingerprint density at radius 2 is 1.89 bits per heavy atom. The van der Waals surface area contributed by atoms with Crippen LogP contribution in [0.2, 0.25) is 0 Å². The number of methoxy groups -OCH3 is 1. The fraction of sp³-hybridized carbons (Fsp3) is 0.850. The minimum Gasteiger partial charge on any atom is -0.466 e. The van der Waals surface area contributed by atoms with Gasteiger partial charge < -0.3 is 33.2 Å². The van der Waals surface area contributed by atoms with Gasteiger partial charge in [0.15, 0.2) is 17.9 Å². The van der Waals surface area contributed by atoms with Gasteiger partial charge in [-0.2, -0.15) is 0 Å². The molecule has 3 fully saturated rings. The molecule has 0 amide bonds. The average Bonchev–Trinajstić information content (AvgIpc) is 3.16. The molecule has 0 aromatic carbocycles. The first-order valence-corrected chi connectivity index (χ1v) is 9.90. The van der Waals surface area contributed by atoms with Gasteiger partial charge in [-0.1, -0.05) is 0 Å². The molecule has 0 radical (unpaired) electrons. The number of carbonyl (C=O) groups excluding carboxylic acids is 1. The second kappa shape index (κ2) is 8.77. The van der Waals surface area contributed by atoms with Gasteiger partial charge in [-0.15, -0.1) is 0 Å². The molecule has 0 saturated carbocycles. The van der Waals surface area contributed by atoms with Crippen LogP contribution in [0.15, 0.2) is 12.2 Å². The minimum absolute atomic E-state index is 0.330. The molecule has 160 valence electrons. The lowest BCUT2D eigenvalue weighted by molar-refractivity contribution is -0.246. The van der Waals surface area contributed by atoms with Gasteiger partial charge in [-0.25, -0.2) is 4.79 Å². The van der Waals surface area contributed by atoms with Crippen molar-refractivity contribution >= 4 is 5.97 Å². The van der Waals surface area contributed by atoms with Crippen molar-refractivity contribution in [3.8, 4) is 0 Å². The van der Waals surface area contributed by atoms with E-state index in [1.165, 1.54) is 13.2 Å². The summed E-state index contributed by atoms with van der Waals surface area (Å²) >= 11 is 0. The van der Waals surface area contributed by atoms with Crippen molar-refractivity contribution in [2.75, 3.05) is 20.3 Å². The van der Waals surface area contributed by atoms with Crippen LogP contribution in [0.1, 0.15) is 47.0 Å². The van der Waals surface area contributed by atoms with E-state index in [0.717, 1.165) is 19.3 Å². The SMILES string of the molecule is COC(=O)/C=C/[C@H]1OC(C)(C)O[C@H]1[C@H](OC1CCCCO1)[C@H]1COC(C)(C)O1. The third-order valence-electron chi connectivity index (χ3n) is 4.95. The molecule has 3 aliphatic heterocycles. The van der Waals surface area contributed by atoms with Gasteiger partial charge >= 0.3 is 5.97 Å². The Morgan fingerprint density at radius 3 is 2.50 bits per heavy atom. The first kappa shape index (κ1) is 21.7. The van der Waals surface area contributed by atoms with Crippen molar-refractivity contribution in [2.24, 2.45) is 0 Å². The summed E-state index contributed by atoms with van der Waals surface area (Å²) in [6.45, 7) is 8.44. The summed E-state index contributed by atoms with van der Waals surface area (Å²) in [5.74, 6) is -1.99. The molecule has 0 spiro atoms. The molecule has 5 atom stereocenters. The van der Waals surface area contributed by atoms with Crippen LogP contribution in [-0.2, 0) is 38.0 Å². The van der Waals surface area contributed by atoms with Crippen molar-refractivity contribution in [1.29, 1.82) is 0 Å². The molecule has 3 saturated heterocycles. The topological polar surface area (TPSA) is 81.7 Å². The Bertz CT molecular complexity index is 567. The molecule has 0 aliphatic carbocycles.